The molecule has 0 radical (unpaired) electrons. The smallest absolute Gasteiger partial charge is 0.372 e. The van der Waals surface area contributed by atoms with Crippen LogP contribution in [0.1, 0.15) is 18.4 Å². The lowest BCUT2D eigenvalue weighted by Gasteiger charge is -2.07. The van der Waals surface area contributed by atoms with E-state index in [2.05, 4.69) is 4.74 Å². The molecule has 0 spiro atoms. The molecule has 0 bridgehead atoms. The maximum atomic E-state index is 11.7. The van der Waals surface area contributed by atoms with E-state index in [9.17, 15) is 13.2 Å². The first-order valence-electron chi connectivity index (χ1n) is 5.26. The van der Waals surface area contributed by atoms with Gasteiger partial charge < -0.3 is 4.74 Å². The first-order valence-corrected chi connectivity index (χ1v) is 5.26. The molecule has 1 nitrogen and oxygen atoms in total. The molecule has 1 rings (SSSR count). The van der Waals surface area contributed by atoms with Crippen LogP contribution in [0.25, 0.3) is 0 Å². The van der Waals surface area contributed by atoms with Crippen molar-refractivity contribution in [1.29, 1.82) is 0 Å². The van der Waals surface area contributed by atoms with E-state index >= 15 is 0 Å². The van der Waals surface area contributed by atoms with Crippen LogP contribution in [0.5, 0.6) is 0 Å². The first-order chi connectivity index (χ1) is 7.58. The van der Waals surface area contributed by atoms with Gasteiger partial charge in [0.15, 0.2) is 0 Å². The van der Waals surface area contributed by atoms with E-state index in [4.69, 9.17) is 0 Å². The normalized spacial score (nSPS) is 11.7. The van der Waals surface area contributed by atoms with Crippen molar-refractivity contribution in [2.24, 2.45) is 0 Å². The summed E-state index contributed by atoms with van der Waals surface area (Å²) >= 11 is 0. The van der Waals surface area contributed by atoms with Crippen molar-refractivity contribution >= 4 is 0 Å². The Kier molecular flexibility index (Phi) is 5.32. The third kappa shape index (κ3) is 6.45. The Hall–Kier alpha value is -1.03. The second-order valence-electron chi connectivity index (χ2n) is 3.61. The molecule has 0 unspecified atom stereocenters. The van der Waals surface area contributed by atoms with E-state index in [1.165, 1.54) is 5.56 Å². The molecule has 0 aliphatic rings. The molecular formula is C12H15F3O. The summed E-state index contributed by atoms with van der Waals surface area (Å²) < 4.78 is 39.6. The fraction of sp³-hybridized carbons (Fsp3) is 0.500. The summed E-state index contributed by atoms with van der Waals surface area (Å²) in [4.78, 5) is 0. The van der Waals surface area contributed by atoms with Gasteiger partial charge in [-0.1, -0.05) is 30.3 Å². The van der Waals surface area contributed by atoms with Gasteiger partial charge in [-0.2, -0.15) is 13.2 Å². The number of unbranched alkanes of at least 4 members (excludes halogenated alkanes) is 1. The number of halogens is 3. The van der Waals surface area contributed by atoms with Crippen molar-refractivity contribution in [3.63, 3.8) is 0 Å². The van der Waals surface area contributed by atoms with Crippen molar-refractivity contribution in [1.82, 2.24) is 0 Å². The zero-order chi connectivity index (χ0) is 11.9. The minimum Gasteiger partial charge on any atom is -0.372 e. The summed E-state index contributed by atoms with van der Waals surface area (Å²) in [6, 6.07) is 9.87. The molecule has 90 valence electrons. The van der Waals surface area contributed by atoms with E-state index in [1.54, 1.807) is 0 Å². The van der Waals surface area contributed by atoms with Gasteiger partial charge in [0.05, 0.1) is 0 Å². The lowest BCUT2D eigenvalue weighted by Crippen LogP contribution is -2.17. The lowest BCUT2D eigenvalue weighted by molar-refractivity contribution is -0.174. The lowest BCUT2D eigenvalue weighted by atomic mass is 10.1. The molecule has 0 amide bonds. The number of alkyl halides is 3. The molecule has 1 aromatic rings. The fourth-order valence-corrected chi connectivity index (χ4v) is 1.37. The maximum absolute atomic E-state index is 11.7. The third-order valence-electron chi connectivity index (χ3n) is 2.11. The quantitative estimate of drug-likeness (QED) is 0.681. The van der Waals surface area contributed by atoms with Gasteiger partial charge in [-0.15, -0.1) is 0 Å². The molecule has 0 aliphatic heterocycles. The zero-order valence-corrected chi connectivity index (χ0v) is 8.96. The summed E-state index contributed by atoms with van der Waals surface area (Å²) in [6.45, 7) is -0.968. The Morgan fingerprint density at radius 2 is 1.69 bits per heavy atom. The van der Waals surface area contributed by atoms with E-state index in [-0.39, 0.29) is 6.61 Å². The predicted molar refractivity (Wildman–Crippen MR) is 56.3 cm³/mol. The molecule has 0 fully saturated rings. The molecule has 0 aliphatic carbocycles. The summed E-state index contributed by atoms with van der Waals surface area (Å²) in [5.74, 6) is 0. The van der Waals surface area contributed by atoms with Gasteiger partial charge in [-0.25, -0.2) is 0 Å². The highest BCUT2D eigenvalue weighted by molar-refractivity contribution is 5.14. The number of ether oxygens (including phenoxy) is 1. The van der Waals surface area contributed by atoms with Gasteiger partial charge in [0.25, 0.3) is 0 Å². The monoisotopic (exact) mass is 232 g/mol. The molecular weight excluding hydrogens is 217 g/mol. The average Bonchev–Trinajstić information content (AvgIpc) is 2.23. The summed E-state index contributed by atoms with van der Waals surface area (Å²) in [5.41, 5.74) is 1.21. The molecule has 16 heavy (non-hydrogen) atoms. The number of aryl methyl sites for hydroxylation is 1. The van der Waals surface area contributed by atoms with Crippen molar-refractivity contribution < 1.29 is 17.9 Å². The number of hydrogen-bond donors (Lipinski definition) is 0. The fourth-order valence-electron chi connectivity index (χ4n) is 1.37. The topological polar surface area (TPSA) is 9.23 Å². The Balaban J connectivity index is 2.01. The number of rotatable bonds is 6. The van der Waals surface area contributed by atoms with Crippen molar-refractivity contribution in [2.45, 2.75) is 25.4 Å². The Labute approximate surface area is 93.2 Å². The Morgan fingerprint density at radius 1 is 1.00 bits per heavy atom. The molecule has 0 atom stereocenters. The largest absolute Gasteiger partial charge is 0.411 e. The van der Waals surface area contributed by atoms with Gasteiger partial charge in [0.1, 0.15) is 6.61 Å². The van der Waals surface area contributed by atoms with Crippen molar-refractivity contribution in [2.75, 3.05) is 13.2 Å². The minimum absolute atomic E-state index is 0.173. The molecule has 0 N–H and O–H groups in total. The molecule has 0 saturated carbocycles. The number of benzene rings is 1. The van der Waals surface area contributed by atoms with Crippen LogP contribution in [0.2, 0.25) is 0 Å². The van der Waals surface area contributed by atoms with E-state index < -0.39 is 12.8 Å². The first kappa shape index (κ1) is 13.0. The minimum atomic E-state index is -4.21. The van der Waals surface area contributed by atoms with Crippen LogP contribution in [-0.4, -0.2) is 19.4 Å². The van der Waals surface area contributed by atoms with Crippen LogP contribution < -0.4 is 0 Å². The van der Waals surface area contributed by atoms with E-state index in [0.29, 0.717) is 6.42 Å². The molecule has 0 heterocycles. The summed E-state index contributed by atoms with van der Waals surface area (Å²) in [5, 5.41) is 0. The molecule has 0 saturated heterocycles. The average molecular weight is 232 g/mol. The highest BCUT2D eigenvalue weighted by Gasteiger charge is 2.27. The Bertz CT molecular complexity index is 282. The summed E-state index contributed by atoms with van der Waals surface area (Å²) in [6.07, 6.45) is -1.82. The van der Waals surface area contributed by atoms with Crippen LogP contribution in [0, 0.1) is 0 Å². The standard InChI is InChI=1S/C12H15F3O/c13-12(14,15)10-16-9-5-4-8-11-6-2-1-3-7-11/h1-3,6-7H,4-5,8-10H2. The maximum Gasteiger partial charge on any atom is 0.411 e. The number of hydrogen-bond acceptors (Lipinski definition) is 1. The predicted octanol–water partition coefficient (Wildman–Crippen LogP) is 3.59. The van der Waals surface area contributed by atoms with Crippen LogP contribution in [-0.2, 0) is 11.2 Å². The van der Waals surface area contributed by atoms with Crippen molar-refractivity contribution in [3.05, 3.63) is 35.9 Å². The van der Waals surface area contributed by atoms with E-state index in [0.717, 1.165) is 12.8 Å². The molecule has 1 aromatic carbocycles. The van der Waals surface area contributed by atoms with Gasteiger partial charge in [0.2, 0.25) is 0 Å². The Morgan fingerprint density at radius 3 is 2.31 bits per heavy atom. The van der Waals surface area contributed by atoms with Crippen LogP contribution >= 0.6 is 0 Å². The second-order valence-corrected chi connectivity index (χ2v) is 3.61. The van der Waals surface area contributed by atoms with Gasteiger partial charge in [0, 0.05) is 6.61 Å². The van der Waals surface area contributed by atoms with Gasteiger partial charge >= 0.3 is 6.18 Å². The molecule has 0 aromatic heterocycles. The zero-order valence-electron chi connectivity index (χ0n) is 8.96. The van der Waals surface area contributed by atoms with Crippen LogP contribution in [0.4, 0.5) is 13.2 Å². The second kappa shape index (κ2) is 6.53. The third-order valence-corrected chi connectivity index (χ3v) is 2.11. The highest BCUT2D eigenvalue weighted by Crippen LogP contribution is 2.14. The van der Waals surface area contributed by atoms with Crippen LogP contribution in [0.3, 0.4) is 0 Å². The molecule has 4 heteroatoms. The van der Waals surface area contributed by atoms with Gasteiger partial charge in [-0.3, -0.25) is 0 Å². The highest BCUT2D eigenvalue weighted by atomic mass is 19.4. The van der Waals surface area contributed by atoms with Gasteiger partial charge in [-0.05, 0) is 24.8 Å². The van der Waals surface area contributed by atoms with E-state index in [1.807, 2.05) is 30.3 Å². The SMILES string of the molecule is FC(F)(F)COCCCCc1ccccc1. The van der Waals surface area contributed by atoms with Crippen molar-refractivity contribution in [3.8, 4) is 0 Å². The van der Waals surface area contributed by atoms with Crippen LogP contribution in [0.15, 0.2) is 30.3 Å². The summed E-state index contributed by atoms with van der Waals surface area (Å²) in [7, 11) is 0.